The third-order valence-corrected chi connectivity index (χ3v) is 4.77. The van der Waals surface area contributed by atoms with E-state index >= 15 is 0 Å². The maximum atomic E-state index is 13.8. The lowest BCUT2D eigenvalue weighted by molar-refractivity contribution is -0.140. The highest BCUT2D eigenvalue weighted by molar-refractivity contribution is 9.10. The van der Waals surface area contributed by atoms with Crippen LogP contribution in [0.15, 0.2) is 28.9 Å². The summed E-state index contributed by atoms with van der Waals surface area (Å²) in [7, 11) is 0. The Balaban J connectivity index is 1.98. The van der Waals surface area contributed by atoms with E-state index in [0.29, 0.717) is 16.4 Å². The number of hydrogen-bond acceptors (Lipinski definition) is 3. The standard InChI is InChI=1S/C17H13BrF4N2O2/c1-8-5-13-15(23-14(8)18)26-9(2)16(25)24(13)7-10-3-4-11(12(19)6-10)17(20,21)22/h3-6,9H,7H2,1-2H3. The zero-order chi connectivity index (χ0) is 19.2. The summed E-state index contributed by atoms with van der Waals surface area (Å²) in [5.74, 6) is -1.54. The number of halogens is 5. The first-order valence-electron chi connectivity index (χ1n) is 7.58. The Kier molecular flexibility index (Phi) is 4.68. The molecule has 0 spiro atoms. The second-order valence-electron chi connectivity index (χ2n) is 5.92. The molecule has 1 atom stereocenters. The van der Waals surface area contributed by atoms with Crippen LogP contribution in [-0.2, 0) is 17.5 Å². The number of fused-ring (bicyclic) bond motifs is 1. The number of hydrogen-bond donors (Lipinski definition) is 0. The lowest BCUT2D eigenvalue weighted by atomic mass is 10.1. The van der Waals surface area contributed by atoms with Gasteiger partial charge >= 0.3 is 6.18 Å². The van der Waals surface area contributed by atoms with Gasteiger partial charge < -0.3 is 4.74 Å². The topological polar surface area (TPSA) is 42.4 Å². The Morgan fingerprint density at radius 2 is 2.00 bits per heavy atom. The molecule has 2 aromatic rings. The molecule has 0 fully saturated rings. The number of pyridine rings is 1. The van der Waals surface area contributed by atoms with Crippen LogP contribution in [0.4, 0.5) is 23.2 Å². The molecule has 1 amide bonds. The van der Waals surface area contributed by atoms with Gasteiger partial charge in [0.05, 0.1) is 12.1 Å². The largest absolute Gasteiger partial charge is 0.463 e. The Bertz CT molecular complexity index is 886. The predicted molar refractivity (Wildman–Crippen MR) is 89.4 cm³/mol. The summed E-state index contributed by atoms with van der Waals surface area (Å²) >= 11 is 3.28. The highest BCUT2D eigenvalue weighted by Gasteiger charge is 2.35. The number of anilines is 1. The van der Waals surface area contributed by atoms with Gasteiger partial charge in [0.2, 0.25) is 5.88 Å². The molecule has 1 aromatic carbocycles. The first kappa shape index (κ1) is 18.6. The SMILES string of the molecule is Cc1cc2c(nc1Br)OC(C)C(=O)N2Cc1ccc(C(F)(F)F)c(F)c1. The van der Waals surface area contributed by atoms with Crippen LogP contribution in [0, 0.1) is 12.7 Å². The summed E-state index contributed by atoms with van der Waals surface area (Å²) in [5.41, 5.74) is 0.0154. The van der Waals surface area contributed by atoms with E-state index in [1.54, 1.807) is 19.9 Å². The first-order chi connectivity index (χ1) is 12.1. The van der Waals surface area contributed by atoms with Crippen LogP contribution in [0.25, 0.3) is 0 Å². The summed E-state index contributed by atoms with van der Waals surface area (Å²) in [6, 6.07) is 4.29. The number of aromatic nitrogens is 1. The van der Waals surface area contributed by atoms with Crippen LogP contribution < -0.4 is 9.64 Å². The molecule has 1 unspecified atom stereocenters. The average molecular weight is 433 g/mol. The van der Waals surface area contributed by atoms with Crippen molar-refractivity contribution in [2.45, 2.75) is 32.7 Å². The molecule has 2 heterocycles. The van der Waals surface area contributed by atoms with Crippen molar-refractivity contribution in [1.29, 1.82) is 0 Å². The number of benzene rings is 1. The number of amides is 1. The van der Waals surface area contributed by atoms with Crippen LogP contribution in [0.3, 0.4) is 0 Å². The second kappa shape index (κ2) is 6.53. The summed E-state index contributed by atoms with van der Waals surface area (Å²) < 4.78 is 57.9. The summed E-state index contributed by atoms with van der Waals surface area (Å²) in [4.78, 5) is 18.1. The van der Waals surface area contributed by atoms with E-state index in [0.717, 1.165) is 17.7 Å². The average Bonchev–Trinajstić information content (AvgIpc) is 2.53. The number of carbonyl (C=O) groups is 1. The summed E-state index contributed by atoms with van der Waals surface area (Å²) in [6.45, 7) is 3.22. The van der Waals surface area contributed by atoms with Crippen molar-refractivity contribution >= 4 is 27.5 Å². The minimum atomic E-state index is -4.77. The smallest absolute Gasteiger partial charge is 0.419 e. The molecule has 9 heteroatoms. The minimum absolute atomic E-state index is 0.0999. The van der Waals surface area contributed by atoms with Gasteiger partial charge in [-0.3, -0.25) is 9.69 Å². The molecule has 0 N–H and O–H groups in total. The molecule has 3 rings (SSSR count). The molecule has 0 radical (unpaired) electrons. The van der Waals surface area contributed by atoms with Crippen molar-refractivity contribution in [3.8, 4) is 5.88 Å². The Morgan fingerprint density at radius 3 is 2.62 bits per heavy atom. The number of alkyl halides is 3. The van der Waals surface area contributed by atoms with E-state index in [-0.39, 0.29) is 23.9 Å². The van der Waals surface area contributed by atoms with Gasteiger partial charge in [0, 0.05) is 0 Å². The molecule has 1 aliphatic heterocycles. The van der Waals surface area contributed by atoms with Crippen LogP contribution in [0.5, 0.6) is 5.88 Å². The molecule has 0 saturated heterocycles. The van der Waals surface area contributed by atoms with Gasteiger partial charge in [-0.25, -0.2) is 9.37 Å². The van der Waals surface area contributed by atoms with Crippen molar-refractivity contribution in [3.63, 3.8) is 0 Å². The van der Waals surface area contributed by atoms with Gasteiger partial charge in [-0.05, 0) is 59.1 Å². The van der Waals surface area contributed by atoms with Gasteiger partial charge in [0.15, 0.2) is 6.10 Å². The molecule has 1 aliphatic rings. The van der Waals surface area contributed by atoms with Crippen molar-refractivity contribution in [2.24, 2.45) is 0 Å². The Hall–Kier alpha value is -2.16. The maximum Gasteiger partial charge on any atom is 0.419 e. The fourth-order valence-electron chi connectivity index (χ4n) is 2.63. The van der Waals surface area contributed by atoms with Crippen LogP contribution in [0.2, 0.25) is 0 Å². The van der Waals surface area contributed by atoms with E-state index in [1.807, 2.05) is 0 Å². The molecule has 0 bridgehead atoms. The molecule has 0 aliphatic carbocycles. The maximum absolute atomic E-state index is 13.8. The molecular weight excluding hydrogens is 420 g/mol. The third kappa shape index (κ3) is 3.40. The number of aryl methyl sites for hydroxylation is 1. The van der Waals surface area contributed by atoms with Crippen LogP contribution >= 0.6 is 15.9 Å². The van der Waals surface area contributed by atoms with Crippen molar-refractivity contribution in [3.05, 3.63) is 51.4 Å². The number of carbonyl (C=O) groups excluding carboxylic acids is 1. The molecule has 1 aromatic heterocycles. The van der Waals surface area contributed by atoms with E-state index < -0.39 is 23.7 Å². The fourth-order valence-corrected chi connectivity index (χ4v) is 2.91. The zero-order valence-corrected chi connectivity index (χ0v) is 15.3. The first-order valence-corrected chi connectivity index (χ1v) is 8.38. The van der Waals surface area contributed by atoms with E-state index in [9.17, 15) is 22.4 Å². The number of rotatable bonds is 2. The monoisotopic (exact) mass is 432 g/mol. The normalized spacial score (nSPS) is 17.1. The van der Waals surface area contributed by atoms with Gasteiger partial charge in [-0.1, -0.05) is 6.07 Å². The van der Waals surface area contributed by atoms with Crippen molar-refractivity contribution in [1.82, 2.24) is 4.98 Å². The number of ether oxygens (including phenoxy) is 1. The predicted octanol–water partition coefficient (Wildman–Crippen LogP) is 4.62. The molecule has 138 valence electrons. The highest BCUT2D eigenvalue weighted by atomic mass is 79.9. The quantitative estimate of drug-likeness (QED) is 0.513. The van der Waals surface area contributed by atoms with Crippen molar-refractivity contribution in [2.75, 3.05) is 4.90 Å². The molecule has 26 heavy (non-hydrogen) atoms. The zero-order valence-electron chi connectivity index (χ0n) is 13.7. The van der Waals surface area contributed by atoms with Gasteiger partial charge in [0.1, 0.15) is 16.1 Å². The number of nitrogens with zero attached hydrogens (tertiary/aromatic N) is 2. The third-order valence-electron chi connectivity index (χ3n) is 3.97. The molecular formula is C17H13BrF4N2O2. The highest BCUT2D eigenvalue weighted by Crippen LogP contribution is 2.37. The lowest BCUT2D eigenvalue weighted by Crippen LogP contribution is -2.44. The second-order valence-corrected chi connectivity index (χ2v) is 6.67. The van der Waals surface area contributed by atoms with Gasteiger partial charge in [-0.2, -0.15) is 13.2 Å². The van der Waals surface area contributed by atoms with Crippen LogP contribution in [-0.4, -0.2) is 17.0 Å². The van der Waals surface area contributed by atoms with E-state index in [4.69, 9.17) is 4.74 Å². The lowest BCUT2D eigenvalue weighted by Gasteiger charge is -2.32. The van der Waals surface area contributed by atoms with Gasteiger partial charge in [-0.15, -0.1) is 0 Å². The summed E-state index contributed by atoms with van der Waals surface area (Å²) in [5, 5.41) is 0. The van der Waals surface area contributed by atoms with Crippen LogP contribution in [0.1, 0.15) is 23.6 Å². The molecule has 0 saturated carbocycles. The minimum Gasteiger partial charge on any atom is -0.463 e. The Morgan fingerprint density at radius 1 is 1.31 bits per heavy atom. The fraction of sp³-hybridized carbons (Fsp3) is 0.294. The Labute approximate surface area is 154 Å². The van der Waals surface area contributed by atoms with Gasteiger partial charge in [0.25, 0.3) is 5.91 Å². The van der Waals surface area contributed by atoms with E-state index in [2.05, 4.69) is 20.9 Å². The van der Waals surface area contributed by atoms with E-state index in [1.165, 1.54) is 4.90 Å². The van der Waals surface area contributed by atoms with Crippen molar-refractivity contribution < 1.29 is 27.1 Å². The molecule has 4 nitrogen and oxygen atoms in total. The summed E-state index contributed by atoms with van der Waals surface area (Å²) in [6.07, 6.45) is -5.59.